The number of benzene rings is 1. The van der Waals surface area contributed by atoms with Crippen LogP contribution >= 0.6 is 0 Å². The van der Waals surface area contributed by atoms with Crippen LogP contribution in [0.5, 0.6) is 0 Å². The van der Waals surface area contributed by atoms with E-state index in [4.69, 9.17) is 5.73 Å². The zero-order valence-corrected chi connectivity index (χ0v) is 12.5. The highest BCUT2D eigenvalue weighted by Crippen LogP contribution is 2.18. The van der Waals surface area contributed by atoms with Gasteiger partial charge in [0.25, 0.3) is 5.91 Å². The summed E-state index contributed by atoms with van der Waals surface area (Å²) >= 11 is 0. The molecule has 1 aromatic carbocycles. The van der Waals surface area contributed by atoms with Crippen molar-refractivity contribution in [3.63, 3.8) is 0 Å². The second-order valence-corrected chi connectivity index (χ2v) is 5.06. The zero-order chi connectivity index (χ0) is 16.1. The molecule has 0 fully saturated rings. The number of rotatable bonds is 5. The Morgan fingerprint density at radius 1 is 1.41 bits per heavy atom. The molecule has 0 unspecified atom stereocenters. The van der Waals surface area contributed by atoms with E-state index in [0.717, 1.165) is 0 Å². The summed E-state index contributed by atoms with van der Waals surface area (Å²) in [6, 6.07) is 5.88. The number of amides is 1. The molecular weight excluding hydrogens is 285 g/mol. The molecule has 7 heteroatoms. The van der Waals surface area contributed by atoms with Crippen LogP contribution in [0.4, 0.5) is 10.2 Å². The van der Waals surface area contributed by atoms with Gasteiger partial charge >= 0.3 is 0 Å². The maximum absolute atomic E-state index is 13.2. The normalized spacial score (nSPS) is 10.7. The summed E-state index contributed by atoms with van der Waals surface area (Å²) in [6.07, 6.45) is 1.35. The molecule has 116 valence electrons. The lowest BCUT2D eigenvalue weighted by Crippen LogP contribution is -2.32. The monoisotopic (exact) mass is 303 g/mol. The van der Waals surface area contributed by atoms with E-state index in [2.05, 4.69) is 15.3 Å². The van der Waals surface area contributed by atoms with Gasteiger partial charge in [-0.1, -0.05) is 12.1 Å². The summed E-state index contributed by atoms with van der Waals surface area (Å²) in [6.45, 7) is 1.21. The van der Waals surface area contributed by atoms with Gasteiger partial charge in [0, 0.05) is 24.8 Å². The van der Waals surface area contributed by atoms with Crippen molar-refractivity contribution < 1.29 is 9.18 Å². The highest BCUT2D eigenvalue weighted by atomic mass is 19.1. The zero-order valence-electron chi connectivity index (χ0n) is 12.5. The Hall–Kier alpha value is -2.54. The number of nitrogen functional groups attached to an aromatic ring is 1. The lowest BCUT2D eigenvalue weighted by molar-refractivity contribution is 0.0951. The van der Waals surface area contributed by atoms with Gasteiger partial charge in [-0.25, -0.2) is 14.4 Å². The van der Waals surface area contributed by atoms with Crippen LogP contribution in [-0.2, 0) is 0 Å². The first kappa shape index (κ1) is 15.8. The average Bonchev–Trinajstić information content (AvgIpc) is 2.46. The number of halogens is 1. The van der Waals surface area contributed by atoms with Crippen LogP contribution in [0.1, 0.15) is 10.4 Å². The second-order valence-electron chi connectivity index (χ2n) is 5.06. The maximum Gasteiger partial charge on any atom is 0.256 e. The van der Waals surface area contributed by atoms with E-state index in [1.165, 1.54) is 18.3 Å². The van der Waals surface area contributed by atoms with Gasteiger partial charge < -0.3 is 16.0 Å². The minimum Gasteiger partial charge on any atom is -0.383 e. The van der Waals surface area contributed by atoms with Gasteiger partial charge in [0.2, 0.25) is 0 Å². The van der Waals surface area contributed by atoms with Crippen molar-refractivity contribution in [1.29, 1.82) is 0 Å². The summed E-state index contributed by atoms with van der Waals surface area (Å²) in [5.74, 6) is -0.367. The summed E-state index contributed by atoms with van der Waals surface area (Å²) in [5.41, 5.74) is 6.53. The Kier molecular flexibility index (Phi) is 5.00. The number of nitrogens with zero attached hydrogens (tertiary/aromatic N) is 3. The standard InChI is InChI=1S/C15H18FN5O/c1-21(2)7-6-18-15(22)12-9-19-14(20-13(12)17)10-4-3-5-11(16)8-10/h3-5,8-9H,6-7H2,1-2H3,(H,18,22)(H2,17,19,20). The van der Waals surface area contributed by atoms with E-state index in [1.54, 1.807) is 12.1 Å². The third kappa shape index (κ3) is 3.98. The van der Waals surface area contributed by atoms with Crippen LogP contribution in [0.3, 0.4) is 0 Å². The molecule has 0 bridgehead atoms. The van der Waals surface area contributed by atoms with Crippen molar-refractivity contribution in [2.75, 3.05) is 32.9 Å². The van der Waals surface area contributed by atoms with Gasteiger partial charge in [-0.15, -0.1) is 0 Å². The number of aromatic nitrogens is 2. The molecule has 0 atom stereocenters. The molecule has 3 N–H and O–H groups in total. The average molecular weight is 303 g/mol. The first-order valence-electron chi connectivity index (χ1n) is 6.79. The van der Waals surface area contributed by atoms with Crippen molar-refractivity contribution in [3.8, 4) is 11.4 Å². The number of hydrogen-bond donors (Lipinski definition) is 2. The van der Waals surface area contributed by atoms with Gasteiger partial charge in [0.05, 0.1) is 5.56 Å². The van der Waals surface area contributed by atoms with Gasteiger partial charge in [0.15, 0.2) is 5.82 Å². The lowest BCUT2D eigenvalue weighted by Gasteiger charge is -2.11. The van der Waals surface area contributed by atoms with Crippen LogP contribution < -0.4 is 11.1 Å². The van der Waals surface area contributed by atoms with Gasteiger partial charge in [-0.05, 0) is 26.2 Å². The molecule has 0 aliphatic heterocycles. The molecule has 0 spiro atoms. The van der Waals surface area contributed by atoms with Crippen LogP contribution in [0.25, 0.3) is 11.4 Å². The van der Waals surface area contributed by atoms with Crippen LogP contribution in [0, 0.1) is 5.82 Å². The molecule has 6 nitrogen and oxygen atoms in total. The second kappa shape index (κ2) is 6.95. The molecule has 0 radical (unpaired) electrons. The molecule has 0 aliphatic rings. The number of nitrogens with two attached hydrogens (primary N) is 1. The van der Waals surface area contributed by atoms with Crippen LogP contribution in [0.2, 0.25) is 0 Å². The van der Waals surface area contributed by atoms with Crippen molar-refractivity contribution in [2.24, 2.45) is 0 Å². The largest absolute Gasteiger partial charge is 0.383 e. The first-order valence-corrected chi connectivity index (χ1v) is 6.79. The number of nitrogens with one attached hydrogen (secondary N) is 1. The molecule has 22 heavy (non-hydrogen) atoms. The Morgan fingerprint density at radius 3 is 2.82 bits per heavy atom. The molecule has 1 heterocycles. The van der Waals surface area contributed by atoms with Crippen LogP contribution in [-0.4, -0.2) is 48.0 Å². The minimum absolute atomic E-state index is 0.0663. The molecule has 0 aliphatic carbocycles. The summed E-state index contributed by atoms with van der Waals surface area (Å²) in [7, 11) is 3.83. The van der Waals surface area contributed by atoms with Crippen LogP contribution in [0.15, 0.2) is 30.5 Å². The van der Waals surface area contributed by atoms with Gasteiger partial charge in [-0.2, -0.15) is 0 Å². The fourth-order valence-electron chi connectivity index (χ4n) is 1.82. The predicted molar refractivity (Wildman–Crippen MR) is 82.7 cm³/mol. The summed E-state index contributed by atoms with van der Waals surface area (Å²) < 4.78 is 13.2. The Morgan fingerprint density at radius 2 is 2.18 bits per heavy atom. The maximum atomic E-state index is 13.2. The van der Waals surface area contributed by atoms with Crippen molar-refractivity contribution in [3.05, 3.63) is 41.8 Å². The molecule has 2 aromatic rings. The van der Waals surface area contributed by atoms with E-state index in [1.807, 2.05) is 19.0 Å². The smallest absolute Gasteiger partial charge is 0.256 e. The molecule has 0 saturated carbocycles. The number of hydrogen-bond acceptors (Lipinski definition) is 5. The van der Waals surface area contributed by atoms with E-state index in [-0.39, 0.29) is 28.9 Å². The number of likely N-dealkylation sites (N-methyl/N-ethyl adjacent to an activating group) is 1. The fraction of sp³-hybridized carbons (Fsp3) is 0.267. The Bertz CT molecular complexity index is 675. The third-order valence-corrected chi connectivity index (χ3v) is 2.99. The summed E-state index contributed by atoms with van der Waals surface area (Å²) in [5, 5.41) is 2.74. The van der Waals surface area contributed by atoms with E-state index in [9.17, 15) is 9.18 Å². The van der Waals surface area contributed by atoms with Gasteiger partial charge in [-0.3, -0.25) is 4.79 Å². The summed E-state index contributed by atoms with van der Waals surface area (Å²) in [4.78, 5) is 22.1. The van der Waals surface area contributed by atoms with Crippen molar-refractivity contribution >= 4 is 11.7 Å². The van der Waals surface area contributed by atoms with Gasteiger partial charge in [0.1, 0.15) is 11.6 Å². The SMILES string of the molecule is CN(C)CCNC(=O)c1cnc(-c2cccc(F)c2)nc1N. The highest BCUT2D eigenvalue weighted by molar-refractivity contribution is 5.98. The number of anilines is 1. The predicted octanol–water partition coefficient (Wildman–Crippen LogP) is 1.16. The van der Waals surface area contributed by atoms with E-state index in [0.29, 0.717) is 18.7 Å². The highest BCUT2D eigenvalue weighted by Gasteiger charge is 2.13. The van der Waals surface area contributed by atoms with Crippen molar-refractivity contribution in [2.45, 2.75) is 0 Å². The quantitative estimate of drug-likeness (QED) is 0.866. The van der Waals surface area contributed by atoms with Crippen molar-refractivity contribution in [1.82, 2.24) is 20.2 Å². The third-order valence-electron chi connectivity index (χ3n) is 2.99. The minimum atomic E-state index is -0.384. The molecular formula is C15H18FN5O. The fourth-order valence-corrected chi connectivity index (χ4v) is 1.82. The van der Waals surface area contributed by atoms with E-state index < -0.39 is 0 Å². The Balaban J connectivity index is 2.14. The first-order chi connectivity index (χ1) is 10.5. The molecule has 0 saturated heterocycles. The number of carbonyl (C=O) groups is 1. The molecule has 1 aromatic heterocycles. The molecule has 1 amide bonds. The topological polar surface area (TPSA) is 84.1 Å². The lowest BCUT2D eigenvalue weighted by atomic mass is 10.2. The molecule has 2 rings (SSSR count). The number of carbonyl (C=O) groups excluding carboxylic acids is 1. The van der Waals surface area contributed by atoms with E-state index >= 15 is 0 Å². The Labute approximate surface area is 128 Å².